The second kappa shape index (κ2) is 7.64. The number of carbonyl (C=O) groups is 1. The molecule has 0 radical (unpaired) electrons. The predicted octanol–water partition coefficient (Wildman–Crippen LogP) is 3.17. The van der Waals surface area contributed by atoms with Crippen molar-refractivity contribution in [3.63, 3.8) is 0 Å². The second-order valence-electron chi connectivity index (χ2n) is 7.41. The third-order valence-corrected chi connectivity index (χ3v) is 4.12. The van der Waals surface area contributed by atoms with E-state index < -0.39 is 0 Å². The van der Waals surface area contributed by atoms with Crippen LogP contribution in [0.25, 0.3) is 17.3 Å². The number of amides is 1. The molecule has 0 atom stereocenters. The molecule has 1 N–H and O–H groups in total. The van der Waals surface area contributed by atoms with Crippen LogP contribution in [-0.2, 0) is 5.41 Å². The predicted molar refractivity (Wildman–Crippen MR) is 103 cm³/mol. The normalized spacial score (nSPS) is 11.2. The molecule has 8 nitrogen and oxygen atoms in total. The van der Waals surface area contributed by atoms with Gasteiger partial charge in [0, 0.05) is 24.4 Å². The van der Waals surface area contributed by atoms with Crippen LogP contribution >= 0.6 is 0 Å². The van der Waals surface area contributed by atoms with E-state index in [1.54, 1.807) is 19.1 Å². The molecule has 0 saturated carbocycles. The Labute approximate surface area is 163 Å². The van der Waals surface area contributed by atoms with Crippen molar-refractivity contribution < 1.29 is 9.21 Å². The van der Waals surface area contributed by atoms with Crippen LogP contribution in [0.2, 0.25) is 0 Å². The van der Waals surface area contributed by atoms with E-state index in [0.717, 1.165) is 11.4 Å². The van der Waals surface area contributed by atoms with Crippen LogP contribution in [0.1, 0.15) is 49.1 Å². The highest BCUT2D eigenvalue weighted by molar-refractivity contribution is 5.94. The van der Waals surface area contributed by atoms with Gasteiger partial charge in [-0.1, -0.05) is 20.8 Å². The molecule has 0 fully saturated rings. The minimum absolute atomic E-state index is 0.173. The Hall–Kier alpha value is -3.47. The lowest BCUT2D eigenvalue weighted by Gasteiger charge is -2.20. The number of nitriles is 1. The zero-order valence-corrected chi connectivity index (χ0v) is 16.4. The molecule has 3 rings (SSSR count). The third kappa shape index (κ3) is 4.09. The van der Waals surface area contributed by atoms with Gasteiger partial charge in [0.15, 0.2) is 0 Å². The quantitative estimate of drug-likeness (QED) is 0.683. The first kappa shape index (κ1) is 19.3. The fourth-order valence-electron chi connectivity index (χ4n) is 2.70. The monoisotopic (exact) mass is 378 g/mol. The number of carbonyl (C=O) groups excluding carboxylic acids is 1. The molecular formula is C20H22N6O2. The number of nitrogens with one attached hydrogen (secondary N) is 1. The van der Waals surface area contributed by atoms with Crippen molar-refractivity contribution in [1.29, 1.82) is 5.26 Å². The lowest BCUT2D eigenvalue weighted by Crippen LogP contribution is -2.24. The Balaban J connectivity index is 1.93. The van der Waals surface area contributed by atoms with Gasteiger partial charge in [0.05, 0.1) is 23.9 Å². The maximum absolute atomic E-state index is 12.1. The molecule has 8 heteroatoms. The summed E-state index contributed by atoms with van der Waals surface area (Å²) in [4.78, 5) is 12.1. The van der Waals surface area contributed by atoms with Gasteiger partial charge in [-0.3, -0.25) is 4.79 Å². The summed E-state index contributed by atoms with van der Waals surface area (Å²) in [6.45, 7) is 8.36. The number of nitrogens with zero attached hydrogens (tertiary/aromatic N) is 5. The van der Waals surface area contributed by atoms with Crippen LogP contribution in [0.4, 0.5) is 0 Å². The van der Waals surface area contributed by atoms with E-state index in [9.17, 15) is 4.79 Å². The van der Waals surface area contributed by atoms with Crippen molar-refractivity contribution in [2.75, 3.05) is 6.54 Å². The largest absolute Gasteiger partial charge is 0.420 e. The van der Waals surface area contributed by atoms with Crippen LogP contribution in [0.15, 0.2) is 34.7 Å². The summed E-state index contributed by atoms with van der Waals surface area (Å²) < 4.78 is 7.34. The molecule has 0 unspecified atom stereocenters. The summed E-state index contributed by atoms with van der Waals surface area (Å²) in [5.41, 5.74) is 2.75. The van der Waals surface area contributed by atoms with E-state index in [1.165, 1.54) is 0 Å². The number of aryl methyl sites for hydroxylation is 1. The molecule has 0 bridgehead atoms. The van der Waals surface area contributed by atoms with Gasteiger partial charge in [-0.2, -0.15) is 10.4 Å². The molecule has 0 aliphatic rings. The number of benzene rings is 1. The number of rotatable bonds is 5. The Morgan fingerprint density at radius 3 is 2.54 bits per heavy atom. The average molecular weight is 378 g/mol. The Bertz CT molecular complexity index is 1020. The molecule has 3 aromatic rings. The van der Waals surface area contributed by atoms with Gasteiger partial charge in [-0.15, -0.1) is 10.2 Å². The molecule has 0 spiro atoms. The van der Waals surface area contributed by atoms with Gasteiger partial charge in [0.25, 0.3) is 11.8 Å². The summed E-state index contributed by atoms with van der Waals surface area (Å²) in [5, 5.41) is 23.8. The molecule has 2 heterocycles. The minimum atomic E-state index is -0.208. The highest BCUT2D eigenvalue weighted by atomic mass is 16.4. The van der Waals surface area contributed by atoms with Crippen LogP contribution in [0.5, 0.6) is 0 Å². The molecule has 1 amide bonds. The lowest BCUT2D eigenvalue weighted by molar-refractivity contribution is 0.0954. The summed E-state index contributed by atoms with van der Waals surface area (Å²) in [6, 6.07) is 11.1. The minimum Gasteiger partial charge on any atom is -0.420 e. The zero-order valence-electron chi connectivity index (χ0n) is 16.4. The molecule has 0 saturated heterocycles. The number of hydrogen-bond acceptors (Lipinski definition) is 6. The van der Waals surface area contributed by atoms with Gasteiger partial charge in [0.1, 0.15) is 5.69 Å². The first-order valence-corrected chi connectivity index (χ1v) is 8.96. The fourth-order valence-corrected chi connectivity index (χ4v) is 2.70. The highest BCUT2D eigenvalue weighted by Crippen LogP contribution is 2.29. The first-order chi connectivity index (χ1) is 13.3. The third-order valence-electron chi connectivity index (χ3n) is 4.12. The van der Waals surface area contributed by atoms with Crippen molar-refractivity contribution in [2.24, 2.45) is 0 Å². The van der Waals surface area contributed by atoms with Crippen LogP contribution < -0.4 is 5.32 Å². The summed E-state index contributed by atoms with van der Waals surface area (Å²) in [5.74, 6) is 0.643. The maximum Gasteiger partial charge on any atom is 0.268 e. The molecular weight excluding hydrogens is 356 g/mol. The molecule has 28 heavy (non-hydrogen) atoms. The van der Waals surface area contributed by atoms with Gasteiger partial charge >= 0.3 is 0 Å². The number of aromatic nitrogens is 4. The van der Waals surface area contributed by atoms with E-state index in [0.29, 0.717) is 29.6 Å². The van der Waals surface area contributed by atoms with Crippen molar-refractivity contribution in [1.82, 2.24) is 25.3 Å². The fraction of sp³-hybridized carbons (Fsp3) is 0.350. The van der Waals surface area contributed by atoms with Crippen LogP contribution in [0, 0.1) is 18.3 Å². The Morgan fingerprint density at radius 1 is 1.25 bits per heavy atom. The highest BCUT2D eigenvalue weighted by Gasteiger charge is 2.24. The van der Waals surface area contributed by atoms with Crippen LogP contribution in [-0.4, -0.2) is 32.4 Å². The molecule has 0 aliphatic carbocycles. The van der Waals surface area contributed by atoms with Gasteiger partial charge in [0.2, 0.25) is 5.89 Å². The van der Waals surface area contributed by atoms with Crippen molar-refractivity contribution in [2.45, 2.75) is 39.5 Å². The first-order valence-electron chi connectivity index (χ1n) is 8.96. The van der Waals surface area contributed by atoms with Gasteiger partial charge < -0.3 is 9.73 Å². The van der Waals surface area contributed by atoms with Crippen molar-refractivity contribution in [3.8, 4) is 23.3 Å². The standard InChI is InChI=1S/C20H22N6O2/c1-13-23-24-19(28-13)16-12-17(20(2,3)4)26(25-16)15-8-6-14(7-9-15)18(27)22-11-5-10-21/h6-9,12H,5,11H2,1-4H3,(H,22,27). The summed E-state index contributed by atoms with van der Waals surface area (Å²) >= 11 is 0. The van der Waals surface area contributed by atoms with Gasteiger partial charge in [-0.25, -0.2) is 4.68 Å². The van der Waals surface area contributed by atoms with Crippen molar-refractivity contribution >= 4 is 5.91 Å². The molecule has 0 aliphatic heterocycles. The zero-order chi connectivity index (χ0) is 20.3. The van der Waals surface area contributed by atoms with E-state index >= 15 is 0 Å². The lowest BCUT2D eigenvalue weighted by atomic mass is 9.91. The van der Waals surface area contributed by atoms with Crippen molar-refractivity contribution in [3.05, 3.63) is 47.5 Å². The second-order valence-corrected chi connectivity index (χ2v) is 7.41. The van der Waals surface area contributed by atoms with E-state index in [4.69, 9.17) is 9.68 Å². The van der Waals surface area contributed by atoms with E-state index in [2.05, 4.69) is 41.4 Å². The van der Waals surface area contributed by atoms with E-state index in [-0.39, 0.29) is 17.7 Å². The maximum atomic E-state index is 12.1. The summed E-state index contributed by atoms with van der Waals surface area (Å²) in [7, 11) is 0. The summed E-state index contributed by atoms with van der Waals surface area (Å²) in [6.07, 6.45) is 0.282. The van der Waals surface area contributed by atoms with Gasteiger partial charge in [-0.05, 0) is 30.3 Å². The molecule has 1 aromatic carbocycles. The smallest absolute Gasteiger partial charge is 0.268 e. The van der Waals surface area contributed by atoms with E-state index in [1.807, 2.05) is 29.0 Å². The Kier molecular flexibility index (Phi) is 5.27. The Morgan fingerprint density at radius 2 is 1.96 bits per heavy atom. The number of hydrogen-bond donors (Lipinski definition) is 1. The average Bonchev–Trinajstić information content (AvgIpc) is 3.28. The SMILES string of the molecule is Cc1nnc(-c2cc(C(C)(C)C)n(-c3ccc(C(=O)NCCC#N)cc3)n2)o1. The topological polar surface area (TPSA) is 110 Å². The molecule has 2 aromatic heterocycles. The molecule has 144 valence electrons. The van der Waals surface area contributed by atoms with Crippen LogP contribution in [0.3, 0.4) is 0 Å².